The molecule has 5 heterocycles. The Labute approximate surface area is 179 Å². The van der Waals surface area contributed by atoms with Crippen molar-refractivity contribution in [1.82, 2.24) is 34.8 Å². The van der Waals surface area contributed by atoms with Gasteiger partial charge >= 0.3 is 0 Å². The van der Waals surface area contributed by atoms with Crippen LogP contribution in [0.5, 0.6) is 0 Å². The minimum absolute atomic E-state index is 0.433. The first-order valence-electron chi connectivity index (χ1n) is 9.75. The van der Waals surface area contributed by atoms with E-state index in [1.807, 2.05) is 18.5 Å². The number of rotatable bonds is 2. The van der Waals surface area contributed by atoms with Crippen molar-refractivity contribution in [3.63, 3.8) is 0 Å². The Morgan fingerprint density at radius 3 is 2.45 bits per heavy atom. The summed E-state index contributed by atoms with van der Waals surface area (Å²) in [5.41, 5.74) is 13.5. The first-order chi connectivity index (χ1) is 15.1. The number of nitrogen functional groups attached to an aromatic ring is 1. The molecule has 0 saturated carbocycles. The van der Waals surface area contributed by atoms with Crippen molar-refractivity contribution in [2.24, 2.45) is 5.73 Å². The molecule has 31 heavy (non-hydrogen) atoms. The predicted molar refractivity (Wildman–Crippen MR) is 118 cm³/mol. The lowest BCUT2D eigenvalue weighted by Crippen LogP contribution is -2.17. The molecule has 1 unspecified atom stereocenters. The van der Waals surface area contributed by atoms with Crippen LogP contribution in [0.25, 0.3) is 11.2 Å². The fraction of sp³-hybridized carbons (Fsp3) is 0.238. The van der Waals surface area contributed by atoms with Crippen molar-refractivity contribution in [3.05, 3.63) is 72.8 Å². The minimum atomic E-state index is -0.442. The van der Waals surface area contributed by atoms with E-state index in [9.17, 15) is 4.79 Å². The van der Waals surface area contributed by atoms with Gasteiger partial charge in [-0.15, -0.1) is 0 Å². The highest BCUT2D eigenvalue weighted by Crippen LogP contribution is 2.29. The van der Waals surface area contributed by atoms with Crippen molar-refractivity contribution in [2.75, 3.05) is 19.3 Å². The average molecular weight is 419 g/mol. The number of aromatic amines is 1. The van der Waals surface area contributed by atoms with Crippen LogP contribution < -0.4 is 11.5 Å². The number of amides is 1. The van der Waals surface area contributed by atoms with E-state index >= 15 is 0 Å². The molecule has 1 aliphatic rings. The molecule has 0 aliphatic carbocycles. The Bertz CT molecular complexity index is 1090. The Hall–Kier alpha value is -3.92. The molecule has 4 aromatic heterocycles. The zero-order chi connectivity index (χ0) is 22.1. The summed E-state index contributed by atoms with van der Waals surface area (Å²) >= 11 is 0. The molecular formula is C21H25N9O. The van der Waals surface area contributed by atoms with Crippen LogP contribution in [0.3, 0.4) is 0 Å². The van der Waals surface area contributed by atoms with E-state index in [0.29, 0.717) is 28.6 Å². The third-order valence-electron chi connectivity index (χ3n) is 4.79. The maximum atomic E-state index is 10.4. The summed E-state index contributed by atoms with van der Waals surface area (Å²) in [6.07, 6.45) is 12.4. The zero-order valence-electron chi connectivity index (χ0n) is 17.2. The number of nitrogens with two attached hydrogens (primary N) is 2. The summed E-state index contributed by atoms with van der Waals surface area (Å²) in [6.45, 7) is 1.22. The summed E-state index contributed by atoms with van der Waals surface area (Å²) in [7, 11) is 2.19. The molecular weight excluding hydrogens is 394 g/mol. The third kappa shape index (κ3) is 6.03. The number of hydrogen-bond donors (Lipinski definition) is 3. The smallest absolute Gasteiger partial charge is 0.250 e. The lowest BCUT2D eigenvalue weighted by Gasteiger charge is -2.18. The normalized spacial score (nSPS) is 15.5. The van der Waals surface area contributed by atoms with Crippen LogP contribution in [0, 0.1) is 0 Å². The molecule has 1 amide bonds. The van der Waals surface area contributed by atoms with Crippen LogP contribution in [0.4, 0.5) is 5.82 Å². The third-order valence-corrected chi connectivity index (χ3v) is 4.79. The van der Waals surface area contributed by atoms with Gasteiger partial charge in [-0.2, -0.15) is 0 Å². The Balaban J connectivity index is 0.000000133. The van der Waals surface area contributed by atoms with Gasteiger partial charge in [0.25, 0.3) is 0 Å². The summed E-state index contributed by atoms with van der Waals surface area (Å²) in [6, 6.07) is 8.08. The van der Waals surface area contributed by atoms with Gasteiger partial charge in [-0.1, -0.05) is 6.07 Å². The lowest BCUT2D eigenvalue weighted by atomic mass is 10.1. The molecule has 10 nitrogen and oxygen atoms in total. The highest BCUT2D eigenvalue weighted by atomic mass is 16.1. The lowest BCUT2D eigenvalue weighted by molar-refractivity contribution is 0.1000. The van der Waals surface area contributed by atoms with Gasteiger partial charge in [-0.05, 0) is 50.2 Å². The average Bonchev–Trinajstić information content (AvgIpc) is 3.46. The first-order valence-corrected chi connectivity index (χ1v) is 9.75. The summed E-state index contributed by atoms with van der Waals surface area (Å²) in [5, 5.41) is 0. The highest BCUT2D eigenvalue weighted by molar-refractivity contribution is 5.92. The van der Waals surface area contributed by atoms with Gasteiger partial charge in [-0.3, -0.25) is 19.7 Å². The van der Waals surface area contributed by atoms with E-state index in [1.165, 1.54) is 43.8 Å². The number of H-pyrrole nitrogens is 1. The zero-order valence-corrected chi connectivity index (χ0v) is 17.2. The first kappa shape index (κ1) is 21.8. The fourth-order valence-corrected chi connectivity index (χ4v) is 3.20. The molecule has 0 radical (unpaired) electrons. The van der Waals surface area contributed by atoms with Crippen LogP contribution in [0.15, 0.2) is 61.7 Å². The summed E-state index contributed by atoms with van der Waals surface area (Å²) < 4.78 is 0. The Kier molecular flexibility index (Phi) is 7.55. The van der Waals surface area contributed by atoms with Gasteiger partial charge in [0.05, 0.1) is 11.9 Å². The largest absolute Gasteiger partial charge is 0.382 e. The second-order valence-electron chi connectivity index (χ2n) is 6.89. The molecule has 5 rings (SSSR count). The Morgan fingerprint density at radius 2 is 1.90 bits per heavy atom. The Morgan fingerprint density at radius 1 is 1.13 bits per heavy atom. The molecule has 0 bridgehead atoms. The summed E-state index contributed by atoms with van der Waals surface area (Å²) in [5.74, 6) is -0.00870. The van der Waals surface area contributed by atoms with Crippen LogP contribution in [-0.2, 0) is 0 Å². The number of nitrogens with one attached hydrogen (secondary N) is 1. The number of pyridine rings is 2. The highest BCUT2D eigenvalue weighted by Gasteiger charge is 2.21. The van der Waals surface area contributed by atoms with Crippen molar-refractivity contribution in [2.45, 2.75) is 18.9 Å². The van der Waals surface area contributed by atoms with Gasteiger partial charge in [0, 0.05) is 30.8 Å². The van der Waals surface area contributed by atoms with Crippen LogP contribution in [0.1, 0.15) is 34.8 Å². The van der Waals surface area contributed by atoms with Gasteiger partial charge in [0.1, 0.15) is 11.8 Å². The predicted octanol–water partition coefficient (Wildman–Crippen LogP) is 1.96. The maximum absolute atomic E-state index is 10.4. The van der Waals surface area contributed by atoms with E-state index in [0.717, 1.165) is 0 Å². The van der Waals surface area contributed by atoms with Crippen LogP contribution in [0.2, 0.25) is 0 Å². The number of nitrogens with zero attached hydrogens (tertiary/aromatic N) is 6. The van der Waals surface area contributed by atoms with E-state index in [-0.39, 0.29) is 0 Å². The van der Waals surface area contributed by atoms with Crippen molar-refractivity contribution in [1.29, 1.82) is 0 Å². The summed E-state index contributed by atoms with van der Waals surface area (Å²) in [4.78, 5) is 35.0. The van der Waals surface area contributed by atoms with Gasteiger partial charge < -0.3 is 16.5 Å². The van der Waals surface area contributed by atoms with Crippen molar-refractivity contribution >= 4 is 22.9 Å². The standard InChI is InChI=1S/C10H14N2.C6H6N2O.C5H5N5/c1-12-7-3-5-10(12)9-4-2-6-11-8-9;7-6(9)5-2-1-3-8-4-5;6-4-3-5(9-1-7-3)10-2-8-4/h2,4,6,8,10H,3,5,7H2,1H3;1-4H,(H2,7,9);1-2H,(H3,6,7,8,9,10). The topological polar surface area (TPSA) is 153 Å². The second kappa shape index (κ2) is 10.7. The number of primary amides is 1. The van der Waals surface area contributed by atoms with E-state index in [2.05, 4.69) is 47.9 Å². The molecule has 160 valence electrons. The molecule has 0 spiro atoms. The van der Waals surface area contributed by atoms with E-state index in [4.69, 9.17) is 11.5 Å². The SMILES string of the molecule is CN1CCCC1c1cccnc1.NC(=O)c1cccnc1.Nc1ncnc2nc[nH]c12. The van der Waals surface area contributed by atoms with Gasteiger partial charge in [0.15, 0.2) is 11.5 Å². The van der Waals surface area contributed by atoms with E-state index < -0.39 is 5.91 Å². The van der Waals surface area contributed by atoms with Gasteiger partial charge in [0.2, 0.25) is 5.91 Å². The van der Waals surface area contributed by atoms with Crippen molar-refractivity contribution < 1.29 is 4.79 Å². The molecule has 4 aromatic rings. The van der Waals surface area contributed by atoms with Crippen LogP contribution >= 0.6 is 0 Å². The quantitative estimate of drug-likeness (QED) is 0.446. The number of aromatic nitrogens is 6. The molecule has 0 aromatic carbocycles. The molecule has 1 aliphatic heterocycles. The number of fused-ring (bicyclic) bond motifs is 1. The number of imidazole rings is 1. The van der Waals surface area contributed by atoms with Crippen LogP contribution in [-0.4, -0.2) is 54.3 Å². The minimum Gasteiger partial charge on any atom is -0.382 e. The number of likely N-dealkylation sites (tertiary alicyclic amines) is 1. The molecule has 1 saturated heterocycles. The number of carbonyl (C=O) groups excluding carboxylic acids is 1. The maximum Gasteiger partial charge on any atom is 0.250 e. The fourth-order valence-electron chi connectivity index (χ4n) is 3.20. The molecule has 1 fully saturated rings. The number of anilines is 1. The monoisotopic (exact) mass is 419 g/mol. The van der Waals surface area contributed by atoms with E-state index in [1.54, 1.807) is 18.3 Å². The molecule has 1 atom stereocenters. The van der Waals surface area contributed by atoms with Gasteiger partial charge in [-0.25, -0.2) is 15.0 Å². The van der Waals surface area contributed by atoms with Crippen molar-refractivity contribution in [3.8, 4) is 0 Å². The second-order valence-corrected chi connectivity index (χ2v) is 6.89. The number of hydrogen-bond acceptors (Lipinski definition) is 8. The number of carbonyl (C=O) groups is 1. The molecule has 5 N–H and O–H groups in total. The molecule has 10 heteroatoms.